The highest BCUT2D eigenvalue weighted by Crippen LogP contribution is 2.21. The Labute approximate surface area is 135 Å². The van der Waals surface area contributed by atoms with Crippen LogP contribution < -0.4 is 5.32 Å². The minimum atomic E-state index is -0.963. The van der Waals surface area contributed by atoms with Gasteiger partial charge in [0.1, 0.15) is 6.04 Å². The van der Waals surface area contributed by atoms with Gasteiger partial charge < -0.3 is 15.3 Å². The van der Waals surface area contributed by atoms with Crippen LogP contribution in [-0.4, -0.2) is 47.4 Å². The molecule has 0 fully saturated rings. The Hall–Kier alpha value is -1.41. The van der Waals surface area contributed by atoms with Crippen molar-refractivity contribution in [3.8, 4) is 0 Å². The molecule has 1 heterocycles. The summed E-state index contributed by atoms with van der Waals surface area (Å²) in [6.45, 7) is 3.20. The number of carboxylic acids is 1. The average molecular weight is 377 g/mol. The molecule has 0 aromatic carbocycles. The van der Waals surface area contributed by atoms with Crippen LogP contribution in [0.4, 0.5) is 0 Å². The van der Waals surface area contributed by atoms with Gasteiger partial charge in [-0.05, 0) is 35.0 Å². The fourth-order valence-corrected chi connectivity index (χ4v) is 2.96. The molecular weight excluding hydrogens is 360 g/mol. The fourth-order valence-electron chi connectivity index (χ4n) is 1.68. The maximum absolute atomic E-state index is 12.1. The summed E-state index contributed by atoms with van der Waals surface area (Å²) in [6, 6.07) is 2.70. The van der Waals surface area contributed by atoms with Crippen molar-refractivity contribution in [2.75, 3.05) is 13.6 Å². The number of nitrogens with one attached hydrogen (secondary N) is 1. The number of carbonyl (C=O) groups excluding carboxylic acids is 2. The van der Waals surface area contributed by atoms with E-state index in [2.05, 4.69) is 21.2 Å². The van der Waals surface area contributed by atoms with Gasteiger partial charge in [-0.15, -0.1) is 11.3 Å². The normalized spacial score (nSPS) is 13.3. The van der Waals surface area contributed by atoms with E-state index in [1.165, 1.54) is 30.2 Å². The van der Waals surface area contributed by atoms with Crippen molar-refractivity contribution in [1.82, 2.24) is 10.2 Å². The molecule has 0 aliphatic heterocycles. The number of thiophene rings is 1. The van der Waals surface area contributed by atoms with Crippen molar-refractivity contribution < 1.29 is 19.5 Å². The highest BCUT2D eigenvalue weighted by atomic mass is 79.9. The standard InChI is InChI=1S/C13H17BrN2O4S/c1-7(13(19)20)6-16(3)12(18)8(2)15-11(17)9-4-5-10(14)21-9/h4-5,7-8H,6H2,1-3H3,(H,15,17)(H,19,20). The van der Waals surface area contributed by atoms with Crippen molar-refractivity contribution in [2.45, 2.75) is 19.9 Å². The van der Waals surface area contributed by atoms with Crippen LogP contribution in [0.25, 0.3) is 0 Å². The van der Waals surface area contributed by atoms with Gasteiger partial charge >= 0.3 is 5.97 Å². The molecule has 6 nitrogen and oxygen atoms in total. The van der Waals surface area contributed by atoms with Crippen LogP contribution in [0.5, 0.6) is 0 Å². The zero-order valence-corrected chi connectivity index (χ0v) is 14.3. The summed E-state index contributed by atoms with van der Waals surface area (Å²) in [5.41, 5.74) is 0. The molecule has 8 heteroatoms. The average Bonchev–Trinajstić information content (AvgIpc) is 2.84. The van der Waals surface area contributed by atoms with Gasteiger partial charge in [-0.1, -0.05) is 6.92 Å². The number of amides is 2. The SMILES string of the molecule is CC(CN(C)C(=O)C(C)NC(=O)c1ccc(Br)s1)C(=O)O. The van der Waals surface area contributed by atoms with Crippen LogP contribution in [-0.2, 0) is 9.59 Å². The van der Waals surface area contributed by atoms with Gasteiger partial charge in [0.05, 0.1) is 14.6 Å². The van der Waals surface area contributed by atoms with E-state index < -0.39 is 17.9 Å². The first kappa shape index (κ1) is 17.6. The van der Waals surface area contributed by atoms with E-state index in [9.17, 15) is 14.4 Å². The predicted molar refractivity (Wildman–Crippen MR) is 83.4 cm³/mol. The summed E-state index contributed by atoms with van der Waals surface area (Å²) in [5, 5.41) is 11.4. The second-order valence-corrected chi connectivity index (χ2v) is 7.22. The van der Waals surface area contributed by atoms with Crippen LogP contribution in [0.3, 0.4) is 0 Å². The molecule has 2 atom stereocenters. The Balaban J connectivity index is 2.58. The van der Waals surface area contributed by atoms with Gasteiger partial charge in [0.25, 0.3) is 5.91 Å². The molecule has 0 saturated heterocycles. The summed E-state index contributed by atoms with van der Waals surface area (Å²) < 4.78 is 0.832. The minimum absolute atomic E-state index is 0.0962. The van der Waals surface area contributed by atoms with Crippen molar-refractivity contribution in [3.63, 3.8) is 0 Å². The Morgan fingerprint density at radius 1 is 1.38 bits per heavy atom. The van der Waals surface area contributed by atoms with E-state index >= 15 is 0 Å². The van der Waals surface area contributed by atoms with E-state index in [4.69, 9.17) is 5.11 Å². The first-order chi connectivity index (χ1) is 9.72. The molecule has 1 aromatic rings. The Morgan fingerprint density at radius 3 is 2.48 bits per heavy atom. The van der Waals surface area contributed by atoms with Crippen molar-refractivity contribution >= 4 is 45.1 Å². The number of halogens is 1. The van der Waals surface area contributed by atoms with Crippen LogP contribution in [0.2, 0.25) is 0 Å². The van der Waals surface area contributed by atoms with E-state index in [1.807, 2.05) is 0 Å². The maximum Gasteiger partial charge on any atom is 0.308 e. The number of rotatable bonds is 6. The zero-order valence-electron chi connectivity index (χ0n) is 11.9. The molecule has 0 bridgehead atoms. The highest BCUT2D eigenvalue weighted by Gasteiger charge is 2.23. The molecule has 0 saturated carbocycles. The molecular formula is C13H17BrN2O4S. The fraction of sp³-hybridized carbons (Fsp3) is 0.462. The smallest absolute Gasteiger partial charge is 0.308 e. The minimum Gasteiger partial charge on any atom is -0.481 e. The summed E-state index contributed by atoms with van der Waals surface area (Å²) in [7, 11) is 1.52. The predicted octanol–water partition coefficient (Wildman–Crippen LogP) is 1.81. The van der Waals surface area contributed by atoms with Gasteiger partial charge in [0.15, 0.2) is 0 Å². The molecule has 0 aliphatic rings. The van der Waals surface area contributed by atoms with Crippen molar-refractivity contribution in [1.29, 1.82) is 0 Å². The third-order valence-corrected chi connectivity index (χ3v) is 4.48. The van der Waals surface area contributed by atoms with E-state index in [1.54, 1.807) is 19.1 Å². The van der Waals surface area contributed by atoms with Crippen LogP contribution >= 0.6 is 27.3 Å². The monoisotopic (exact) mass is 376 g/mol. The zero-order chi connectivity index (χ0) is 16.2. The number of hydrogen-bond acceptors (Lipinski definition) is 4. The summed E-state index contributed by atoms with van der Waals surface area (Å²) in [6.07, 6.45) is 0. The highest BCUT2D eigenvalue weighted by molar-refractivity contribution is 9.11. The van der Waals surface area contributed by atoms with Gasteiger partial charge in [0.2, 0.25) is 5.91 Å². The summed E-state index contributed by atoms with van der Waals surface area (Å²) in [4.78, 5) is 36.6. The first-order valence-corrected chi connectivity index (χ1v) is 7.87. The third kappa shape index (κ3) is 5.13. The lowest BCUT2D eigenvalue weighted by Crippen LogP contribution is -2.47. The van der Waals surface area contributed by atoms with Crippen LogP contribution in [0, 0.1) is 5.92 Å². The second-order valence-electron chi connectivity index (χ2n) is 4.76. The molecule has 2 amide bonds. The number of carbonyl (C=O) groups is 3. The van der Waals surface area contributed by atoms with Crippen molar-refractivity contribution in [2.24, 2.45) is 5.92 Å². The molecule has 1 aromatic heterocycles. The topological polar surface area (TPSA) is 86.7 Å². The molecule has 1 rings (SSSR count). The first-order valence-electron chi connectivity index (χ1n) is 6.26. The second kappa shape index (κ2) is 7.56. The molecule has 2 N–H and O–H groups in total. The van der Waals surface area contributed by atoms with E-state index in [-0.39, 0.29) is 18.4 Å². The lowest BCUT2D eigenvalue weighted by Gasteiger charge is -2.23. The maximum atomic E-state index is 12.1. The summed E-state index contributed by atoms with van der Waals surface area (Å²) >= 11 is 4.54. The van der Waals surface area contributed by atoms with Crippen molar-refractivity contribution in [3.05, 3.63) is 20.8 Å². The van der Waals surface area contributed by atoms with Crippen LogP contribution in [0.1, 0.15) is 23.5 Å². The molecule has 2 unspecified atom stereocenters. The Bertz CT molecular complexity index is 546. The summed E-state index contributed by atoms with van der Waals surface area (Å²) in [5.74, 6) is -2.27. The number of aliphatic carboxylic acids is 1. The molecule has 0 aliphatic carbocycles. The molecule has 21 heavy (non-hydrogen) atoms. The van der Waals surface area contributed by atoms with E-state index in [0.717, 1.165) is 3.79 Å². The number of nitrogens with zero attached hydrogens (tertiary/aromatic N) is 1. The molecule has 116 valence electrons. The third-order valence-electron chi connectivity index (χ3n) is 2.86. The van der Waals surface area contributed by atoms with Gasteiger partial charge in [-0.2, -0.15) is 0 Å². The molecule has 0 spiro atoms. The number of hydrogen-bond donors (Lipinski definition) is 2. The van der Waals surface area contributed by atoms with Gasteiger partial charge in [-0.3, -0.25) is 14.4 Å². The largest absolute Gasteiger partial charge is 0.481 e. The quantitative estimate of drug-likeness (QED) is 0.792. The van der Waals surface area contributed by atoms with E-state index in [0.29, 0.717) is 4.88 Å². The Kier molecular flexibility index (Phi) is 6.35. The lowest BCUT2D eigenvalue weighted by molar-refractivity contribution is -0.142. The Morgan fingerprint density at radius 2 is 2.00 bits per heavy atom. The van der Waals surface area contributed by atoms with Gasteiger partial charge in [-0.25, -0.2) is 0 Å². The van der Waals surface area contributed by atoms with Crippen LogP contribution in [0.15, 0.2) is 15.9 Å². The number of carboxylic acid groups (broad SMARTS) is 1. The number of likely N-dealkylation sites (N-methyl/N-ethyl adjacent to an activating group) is 1. The lowest BCUT2D eigenvalue weighted by atomic mass is 10.1. The molecule has 0 radical (unpaired) electrons. The van der Waals surface area contributed by atoms with Gasteiger partial charge in [0, 0.05) is 13.6 Å².